The summed E-state index contributed by atoms with van der Waals surface area (Å²) in [7, 11) is 0. The van der Waals surface area contributed by atoms with E-state index in [4.69, 9.17) is 9.15 Å². The molecule has 0 N–H and O–H groups in total. The van der Waals surface area contributed by atoms with Gasteiger partial charge in [0.1, 0.15) is 0 Å². The molecule has 0 spiro atoms. The Labute approximate surface area is 96.1 Å². The van der Waals surface area contributed by atoms with Crippen molar-refractivity contribution in [3.63, 3.8) is 0 Å². The van der Waals surface area contributed by atoms with Gasteiger partial charge in [-0.15, -0.1) is 0 Å². The number of allylic oxidation sites excluding steroid dienone is 1. The molecular weight excluding hydrogens is 204 g/mol. The molecule has 88 valence electrons. The minimum atomic E-state index is -0.449. The molecule has 3 nitrogen and oxygen atoms in total. The van der Waals surface area contributed by atoms with Crippen molar-refractivity contribution >= 4 is 5.97 Å². The van der Waals surface area contributed by atoms with Crippen LogP contribution < -0.4 is 0 Å². The minimum Gasteiger partial charge on any atom is -0.457 e. The summed E-state index contributed by atoms with van der Waals surface area (Å²) >= 11 is 0. The third-order valence-electron chi connectivity index (χ3n) is 2.22. The summed E-state index contributed by atoms with van der Waals surface area (Å²) in [4.78, 5) is 11.3. The number of furan rings is 1. The first-order chi connectivity index (χ1) is 7.84. The molecule has 0 unspecified atom stereocenters. The molecule has 0 aliphatic heterocycles. The van der Waals surface area contributed by atoms with Gasteiger partial charge in [0, 0.05) is 0 Å². The molecule has 0 atom stereocenters. The van der Waals surface area contributed by atoms with Gasteiger partial charge in [-0.3, -0.25) is 0 Å². The third-order valence-corrected chi connectivity index (χ3v) is 2.22. The fourth-order valence-corrected chi connectivity index (χ4v) is 1.32. The van der Waals surface area contributed by atoms with E-state index in [9.17, 15) is 4.79 Å². The van der Waals surface area contributed by atoms with Crippen LogP contribution in [0.4, 0.5) is 0 Å². The van der Waals surface area contributed by atoms with Gasteiger partial charge in [-0.05, 0) is 31.1 Å². The van der Waals surface area contributed by atoms with Gasteiger partial charge in [-0.1, -0.05) is 26.2 Å². The second-order valence-electron chi connectivity index (χ2n) is 3.60. The van der Waals surface area contributed by atoms with Gasteiger partial charge in [0.05, 0.1) is 12.5 Å². The molecule has 0 amide bonds. The highest BCUT2D eigenvalue weighted by Gasteiger charge is 2.07. The van der Waals surface area contributed by atoms with Crippen molar-refractivity contribution < 1.29 is 13.9 Å². The molecule has 1 aromatic rings. The van der Waals surface area contributed by atoms with Crippen LogP contribution in [0.15, 0.2) is 35.2 Å². The van der Waals surface area contributed by atoms with Crippen molar-refractivity contribution in [3.8, 4) is 0 Å². The molecule has 16 heavy (non-hydrogen) atoms. The molecular formula is C13H18O3. The van der Waals surface area contributed by atoms with Gasteiger partial charge < -0.3 is 9.15 Å². The summed E-state index contributed by atoms with van der Waals surface area (Å²) in [6, 6.07) is 3.24. The lowest BCUT2D eigenvalue weighted by Gasteiger charge is -1.95. The summed E-state index contributed by atoms with van der Waals surface area (Å²) in [5.74, 6) is -0.217. The maximum atomic E-state index is 11.3. The highest BCUT2D eigenvalue weighted by atomic mass is 16.5. The van der Waals surface area contributed by atoms with E-state index in [1.165, 1.54) is 31.8 Å². The normalized spacial score (nSPS) is 10.8. The first kappa shape index (κ1) is 12.6. The molecule has 1 rings (SSSR count). The molecule has 0 fully saturated rings. The molecule has 0 aliphatic carbocycles. The van der Waals surface area contributed by atoms with Crippen LogP contribution in [0.2, 0.25) is 0 Å². The Morgan fingerprint density at radius 3 is 3.00 bits per heavy atom. The molecule has 0 radical (unpaired) electrons. The molecule has 0 saturated carbocycles. The number of carbonyl (C=O) groups is 1. The second-order valence-corrected chi connectivity index (χ2v) is 3.60. The number of rotatable bonds is 7. The van der Waals surface area contributed by atoms with Crippen molar-refractivity contribution in [1.29, 1.82) is 0 Å². The van der Waals surface area contributed by atoms with E-state index < -0.39 is 5.97 Å². The third kappa shape index (κ3) is 4.82. The molecule has 1 heterocycles. The summed E-state index contributed by atoms with van der Waals surface area (Å²) < 4.78 is 9.78. The number of esters is 1. The van der Waals surface area contributed by atoms with E-state index >= 15 is 0 Å². The van der Waals surface area contributed by atoms with Gasteiger partial charge in [0.15, 0.2) is 0 Å². The van der Waals surface area contributed by atoms with Crippen LogP contribution in [-0.4, -0.2) is 5.97 Å². The summed E-state index contributed by atoms with van der Waals surface area (Å²) in [5.41, 5.74) is 0. The van der Waals surface area contributed by atoms with E-state index in [-0.39, 0.29) is 5.76 Å². The van der Waals surface area contributed by atoms with Crippen molar-refractivity contribution in [2.24, 2.45) is 0 Å². The van der Waals surface area contributed by atoms with Gasteiger partial charge in [0.2, 0.25) is 5.76 Å². The Kier molecular flexibility index (Phi) is 6.07. The smallest absolute Gasteiger partial charge is 0.379 e. The minimum absolute atomic E-state index is 0.232. The standard InChI is InChI=1S/C13H18O3/c1-2-3-4-5-6-7-10-16-13(14)12-9-8-11-15-12/h7-11H,2-6H2,1H3/b10-7-. The number of hydrogen-bond acceptors (Lipinski definition) is 3. The average molecular weight is 222 g/mol. The van der Waals surface area contributed by atoms with Crippen LogP contribution in [-0.2, 0) is 4.74 Å². The Balaban J connectivity index is 2.10. The quantitative estimate of drug-likeness (QED) is 0.399. The molecule has 1 aromatic heterocycles. The zero-order valence-corrected chi connectivity index (χ0v) is 9.65. The zero-order valence-electron chi connectivity index (χ0n) is 9.65. The maximum absolute atomic E-state index is 11.3. The van der Waals surface area contributed by atoms with E-state index in [0.29, 0.717) is 0 Å². The predicted octanol–water partition coefficient (Wildman–Crippen LogP) is 3.92. The largest absolute Gasteiger partial charge is 0.457 e. The molecule has 0 saturated heterocycles. The van der Waals surface area contributed by atoms with Gasteiger partial charge in [0.25, 0.3) is 0 Å². The van der Waals surface area contributed by atoms with Crippen LogP contribution in [0.25, 0.3) is 0 Å². The van der Waals surface area contributed by atoms with E-state index in [0.717, 1.165) is 12.8 Å². The first-order valence-electron chi connectivity index (χ1n) is 5.74. The summed E-state index contributed by atoms with van der Waals surface area (Å²) in [5, 5.41) is 0. The van der Waals surface area contributed by atoms with Crippen LogP contribution >= 0.6 is 0 Å². The lowest BCUT2D eigenvalue weighted by molar-refractivity contribution is 0.0627. The number of ether oxygens (including phenoxy) is 1. The Hall–Kier alpha value is -1.51. The maximum Gasteiger partial charge on any atom is 0.379 e. The van der Waals surface area contributed by atoms with Crippen molar-refractivity contribution in [2.45, 2.75) is 39.0 Å². The zero-order chi connectivity index (χ0) is 11.6. The van der Waals surface area contributed by atoms with Crippen LogP contribution in [0.5, 0.6) is 0 Å². The van der Waals surface area contributed by atoms with Gasteiger partial charge >= 0.3 is 5.97 Å². The second kappa shape index (κ2) is 7.74. The monoisotopic (exact) mass is 222 g/mol. The van der Waals surface area contributed by atoms with E-state index in [1.807, 2.05) is 6.08 Å². The number of unbranched alkanes of at least 4 members (excludes halogenated alkanes) is 4. The predicted molar refractivity (Wildman–Crippen MR) is 62.0 cm³/mol. The Morgan fingerprint density at radius 2 is 2.31 bits per heavy atom. The number of carbonyl (C=O) groups excluding carboxylic acids is 1. The van der Waals surface area contributed by atoms with Gasteiger partial charge in [-0.2, -0.15) is 0 Å². The fourth-order valence-electron chi connectivity index (χ4n) is 1.32. The topological polar surface area (TPSA) is 39.4 Å². The van der Waals surface area contributed by atoms with Gasteiger partial charge in [-0.25, -0.2) is 4.79 Å². The lowest BCUT2D eigenvalue weighted by atomic mass is 10.1. The highest BCUT2D eigenvalue weighted by molar-refractivity contribution is 5.86. The Morgan fingerprint density at radius 1 is 1.44 bits per heavy atom. The van der Waals surface area contributed by atoms with Crippen molar-refractivity contribution in [2.75, 3.05) is 0 Å². The van der Waals surface area contributed by atoms with Crippen LogP contribution in [0.1, 0.15) is 49.6 Å². The van der Waals surface area contributed by atoms with Crippen LogP contribution in [0, 0.1) is 0 Å². The highest BCUT2D eigenvalue weighted by Crippen LogP contribution is 2.05. The average Bonchev–Trinajstić information content (AvgIpc) is 2.81. The fraction of sp³-hybridized carbons (Fsp3) is 0.462. The first-order valence-corrected chi connectivity index (χ1v) is 5.74. The molecule has 0 aliphatic rings. The summed E-state index contributed by atoms with van der Waals surface area (Å²) in [6.07, 6.45) is 10.6. The van der Waals surface area contributed by atoms with Crippen LogP contribution in [0.3, 0.4) is 0 Å². The molecule has 3 heteroatoms. The van der Waals surface area contributed by atoms with Crippen molar-refractivity contribution in [3.05, 3.63) is 36.5 Å². The Bertz CT molecular complexity index is 312. The number of hydrogen-bond donors (Lipinski definition) is 0. The molecule has 0 bridgehead atoms. The van der Waals surface area contributed by atoms with E-state index in [2.05, 4.69) is 6.92 Å². The summed E-state index contributed by atoms with van der Waals surface area (Å²) in [6.45, 7) is 2.18. The lowest BCUT2D eigenvalue weighted by Crippen LogP contribution is -1.97. The van der Waals surface area contributed by atoms with E-state index in [1.54, 1.807) is 12.1 Å². The SMILES string of the molecule is CCCCCC/C=C\OC(=O)c1ccco1. The molecule has 0 aromatic carbocycles. The van der Waals surface area contributed by atoms with Crippen molar-refractivity contribution in [1.82, 2.24) is 0 Å².